The van der Waals surface area contributed by atoms with Crippen molar-refractivity contribution in [1.29, 1.82) is 0 Å². The molecule has 2 spiro atoms. The second-order valence-electron chi connectivity index (χ2n) is 7.59. The first-order valence-electron chi connectivity index (χ1n) is 9.49. The zero-order chi connectivity index (χ0) is 19.2. The number of hydrogen-bond acceptors (Lipinski definition) is 4. The molecule has 8 heteroatoms. The van der Waals surface area contributed by atoms with E-state index in [9.17, 15) is 9.59 Å². The zero-order valence-electron chi connectivity index (χ0n) is 15.3. The van der Waals surface area contributed by atoms with Crippen molar-refractivity contribution in [2.24, 2.45) is 0 Å². The van der Waals surface area contributed by atoms with Crippen LogP contribution in [0.15, 0.2) is 60.7 Å². The minimum absolute atomic E-state index is 0.156. The van der Waals surface area contributed by atoms with Crippen LogP contribution in [0.25, 0.3) is 0 Å². The molecule has 2 aromatic rings. The summed E-state index contributed by atoms with van der Waals surface area (Å²) in [6, 6.07) is 18.7. The normalized spacial score (nSPS) is 29.4. The van der Waals surface area contributed by atoms with E-state index in [2.05, 4.69) is 21.5 Å². The first-order valence-corrected chi connectivity index (χ1v) is 9.49. The molecule has 5 rings (SSSR count). The Bertz CT molecular complexity index is 820. The molecule has 0 radical (unpaired) electrons. The highest BCUT2D eigenvalue weighted by molar-refractivity contribution is 5.94. The van der Waals surface area contributed by atoms with Gasteiger partial charge in [-0.2, -0.15) is 0 Å². The van der Waals surface area contributed by atoms with E-state index in [1.165, 1.54) is 0 Å². The fraction of sp³-hybridized carbons (Fsp3) is 0.300. The summed E-state index contributed by atoms with van der Waals surface area (Å²) in [5.74, 6) is 0. The van der Waals surface area contributed by atoms with Gasteiger partial charge in [-0.05, 0) is 49.9 Å². The minimum Gasteiger partial charge on any atom is -0.317 e. The number of urea groups is 2. The van der Waals surface area contributed by atoms with Crippen molar-refractivity contribution in [2.45, 2.75) is 37.0 Å². The average molecular weight is 378 g/mol. The topological polar surface area (TPSA) is 88.7 Å². The van der Waals surface area contributed by atoms with Crippen molar-refractivity contribution in [3.05, 3.63) is 60.7 Å². The van der Waals surface area contributed by atoms with Crippen LogP contribution in [-0.4, -0.2) is 23.4 Å². The second-order valence-corrected chi connectivity index (χ2v) is 7.59. The summed E-state index contributed by atoms with van der Waals surface area (Å²) in [6.07, 6.45) is 2.77. The maximum absolute atomic E-state index is 12.5. The van der Waals surface area contributed by atoms with Crippen LogP contribution in [0.4, 0.5) is 21.0 Å². The molecule has 144 valence electrons. The highest BCUT2D eigenvalue weighted by atomic mass is 16.2. The molecule has 28 heavy (non-hydrogen) atoms. The molecule has 0 atom stereocenters. The van der Waals surface area contributed by atoms with Gasteiger partial charge in [0.05, 0.1) is 11.4 Å². The maximum atomic E-state index is 12.5. The number of nitrogens with one attached hydrogen (secondary N) is 4. The Balaban J connectivity index is 1.29. The van der Waals surface area contributed by atoms with Gasteiger partial charge in [0.25, 0.3) is 0 Å². The van der Waals surface area contributed by atoms with Crippen molar-refractivity contribution in [3.63, 3.8) is 0 Å². The molecular formula is C20H22N6O2. The van der Waals surface area contributed by atoms with Gasteiger partial charge in [0.1, 0.15) is 11.3 Å². The summed E-state index contributed by atoms with van der Waals surface area (Å²) in [5, 5.41) is 9.33. The summed E-state index contributed by atoms with van der Waals surface area (Å²) >= 11 is 0. The molecule has 2 aliphatic heterocycles. The van der Waals surface area contributed by atoms with Crippen LogP contribution in [0, 0.1) is 0 Å². The largest absolute Gasteiger partial charge is 0.338 e. The number of carbonyl (C=O) groups is 2. The SMILES string of the molecule is O=C1NC2(CCC3(CC2)NC(=O)N(c2ccccc2)N3)NN1c1ccccc1. The molecule has 4 N–H and O–H groups in total. The second kappa shape index (κ2) is 6.22. The van der Waals surface area contributed by atoms with E-state index in [0.717, 1.165) is 11.4 Å². The van der Waals surface area contributed by atoms with Gasteiger partial charge in [-0.1, -0.05) is 36.4 Å². The van der Waals surface area contributed by atoms with Crippen molar-refractivity contribution < 1.29 is 9.59 Å². The van der Waals surface area contributed by atoms with Crippen LogP contribution in [0.5, 0.6) is 0 Å². The lowest BCUT2D eigenvalue weighted by molar-refractivity contribution is 0.135. The van der Waals surface area contributed by atoms with Crippen LogP contribution >= 0.6 is 0 Å². The lowest BCUT2D eigenvalue weighted by Gasteiger charge is -2.42. The number of benzene rings is 2. The third-order valence-corrected chi connectivity index (χ3v) is 5.74. The van der Waals surface area contributed by atoms with Crippen LogP contribution in [0.1, 0.15) is 25.7 Å². The predicted octanol–water partition coefficient (Wildman–Crippen LogP) is 2.42. The van der Waals surface area contributed by atoms with Crippen LogP contribution in [0.3, 0.4) is 0 Å². The summed E-state index contributed by atoms with van der Waals surface area (Å²) in [7, 11) is 0. The van der Waals surface area contributed by atoms with E-state index < -0.39 is 11.3 Å². The van der Waals surface area contributed by atoms with Crippen molar-refractivity contribution in [3.8, 4) is 0 Å². The lowest BCUT2D eigenvalue weighted by Crippen LogP contribution is -2.62. The first-order chi connectivity index (χ1) is 13.6. The molecule has 2 aromatic carbocycles. The molecule has 0 bridgehead atoms. The Morgan fingerprint density at radius 1 is 0.607 bits per heavy atom. The van der Waals surface area contributed by atoms with E-state index in [4.69, 9.17) is 0 Å². The van der Waals surface area contributed by atoms with E-state index >= 15 is 0 Å². The number of hydrazine groups is 2. The number of hydrogen-bond donors (Lipinski definition) is 4. The highest BCUT2D eigenvalue weighted by Gasteiger charge is 2.52. The number of para-hydroxylation sites is 2. The zero-order valence-corrected chi connectivity index (χ0v) is 15.3. The molecule has 2 heterocycles. The Labute approximate surface area is 162 Å². The molecule has 3 fully saturated rings. The first kappa shape index (κ1) is 17.0. The Morgan fingerprint density at radius 2 is 0.964 bits per heavy atom. The fourth-order valence-electron chi connectivity index (χ4n) is 4.20. The summed E-state index contributed by atoms with van der Waals surface area (Å²) < 4.78 is 0. The van der Waals surface area contributed by atoms with Gasteiger partial charge < -0.3 is 10.6 Å². The van der Waals surface area contributed by atoms with E-state index in [1.54, 1.807) is 10.0 Å². The van der Waals surface area contributed by atoms with Gasteiger partial charge in [-0.25, -0.2) is 30.5 Å². The van der Waals surface area contributed by atoms with E-state index in [1.807, 2.05) is 60.7 Å². The number of nitrogens with zero attached hydrogens (tertiary/aromatic N) is 2. The summed E-state index contributed by atoms with van der Waals surface area (Å²) in [5.41, 5.74) is 7.32. The summed E-state index contributed by atoms with van der Waals surface area (Å²) in [4.78, 5) is 25.0. The summed E-state index contributed by atoms with van der Waals surface area (Å²) in [6.45, 7) is 0. The quantitative estimate of drug-likeness (QED) is 0.646. The van der Waals surface area contributed by atoms with Crippen molar-refractivity contribution in [2.75, 3.05) is 10.0 Å². The van der Waals surface area contributed by atoms with Crippen LogP contribution in [0.2, 0.25) is 0 Å². The predicted molar refractivity (Wildman–Crippen MR) is 105 cm³/mol. The molecular weight excluding hydrogens is 356 g/mol. The van der Waals surface area contributed by atoms with Crippen molar-refractivity contribution >= 4 is 23.4 Å². The third kappa shape index (κ3) is 2.78. The Kier molecular flexibility index (Phi) is 3.78. The molecule has 4 amide bonds. The minimum atomic E-state index is -0.495. The lowest BCUT2D eigenvalue weighted by atomic mass is 9.82. The van der Waals surface area contributed by atoms with Gasteiger partial charge in [-0.15, -0.1) is 0 Å². The Hall–Kier alpha value is -3.10. The van der Waals surface area contributed by atoms with E-state index in [0.29, 0.717) is 25.7 Å². The standard InChI is InChI=1S/C20H22N6O2/c27-17-21-19(23-25(17)15-7-3-1-4-8-15)11-13-20(14-12-19)22-18(28)26(24-20)16-9-5-2-6-10-16/h1-10,23-24H,11-14H2,(H,21,27)(H,22,28). The van der Waals surface area contributed by atoms with E-state index in [-0.39, 0.29) is 12.1 Å². The monoisotopic (exact) mass is 378 g/mol. The van der Waals surface area contributed by atoms with Gasteiger partial charge in [0, 0.05) is 0 Å². The van der Waals surface area contributed by atoms with Gasteiger partial charge >= 0.3 is 12.1 Å². The molecule has 8 nitrogen and oxygen atoms in total. The fourth-order valence-corrected chi connectivity index (χ4v) is 4.20. The number of anilines is 2. The number of carbonyl (C=O) groups excluding carboxylic acids is 2. The number of amides is 4. The molecule has 1 saturated carbocycles. The smallest absolute Gasteiger partial charge is 0.317 e. The molecule has 0 aromatic heterocycles. The molecule has 0 unspecified atom stereocenters. The van der Waals surface area contributed by atoms with Crippen molar-refractivity contribution in [1.82, 2.24) is 21.5 Å². The average Bonchev–Trinajstić information content (AvgIpc) is 3.23. The van der Waals surface area contributed by atoms with Gasteiger partial charge in [0.15, 0.2) is 0 Å². The van der Waals surface area contributed by atoms with Crippen LogP contribution < -0.4 is 31.5 Å². The van der Waals surface area contributed by atoms with Gasteiger partial charge in [0.2, 0.25) is 0 Å². The maximum Gasteiger partial charge on any atom is 0.338 e. The highest BCUT2D eigenvalue weighted by Crippen LogP contribution is 2.37. The number of rotatable bonds is 2. The third-order valence-electron chi connectivity index (χ3n) is 5.74. The van der Waals surface area contributed by atoms with Gasteiger partial charge in [-0.3, -0.25) is 0 Å². The van der Waals surface area contributed by atoms with Crippen LogP contribution in [-0.2, 0) is 0 Å². The molecule has 3 aliphatic rings. The molecule has 1 aliphatic carbocycles. The molecule has 2 saturated heterocycles. The Morgan fingerprint density at radius 3 is 1.32 bits per heavy atom.